The highest BCUT2D eigenvalue weighted by molar-refractivity contribution is 6.87. The van der Waals surface area contributed by atoms with Gasteiger partial charge in [-0.2, -0.15) is 10.5 Å². The van der Waals surface area contributed by atoms with Crippen LogP contribution < -0.4 is 0 Å². The number of rotatable bonds is 7. The van der Waals surface area contributed by atoms with Gasteiger partial charge in [-0.1, -0.05) is 72.4 Å². The zero-order valence-electron chi connectivity index (χ0n) is 26.6. The van der Waals surface area contributed by atoms with Crippen LogP contribution in [0.4, 0.5) is 0 Å². The van der Waals surface area contributed by atoms with Gasteiger partial charge in [0.05, 0.1) is 28.6 Å². The first kappa shape index (κ1) is 33.0. The van der Waals surface area contributed by atoms with Crippen LogP contribution in [0.25, 0.3) is 0 Å². The molecule has 3 aliphatic rings. The Morgan fingerprint density at radius 2 is 1.63 bits per heavy atom. The average molecular weight is 591 g/mol. The van der Waals surface area contributed by atoms with E-state index >= 15 is 0 Å². The molecule has 0 bridgehead atoms. The van der Waals surface area contributed by atoms with Crippen molar-refractivity contribution in [2.75, 3.05) is 20.0 Å². The van der Waals surface area contributed by atoms with E-state index in [-0.39, 0.29) is 47.1 Å². The van der Waals surface area contributed by atoms with Crippen LogP contribution >= 0.6 is 0 Å². The minimum Gasteiger partial charge on any atom is -0.356 e. The fourth-order valence-corrected chi connectivity index (χ4v) is 7.80. The first-order chi connectivity index (χ1) is 18.8. The third-order valence-electron chi connectivity index (χ3n) is 9.80. The molecule has 4 atom stereocenters. The van der Waals surface area contributed by atoms with Gasteiger partial charge in [-0.15, -0.1) is 5.54 Å². The largest absolute Gasteiger partial charge is 0.356 e. The molecule has 8 heteroatoms. The van der Waals surface area contributed by atoms with Crippen LogP contribution in [0.15, 0.2) is 34.9 Å². The number of fused-ring (bicyclic) bond motifs is 3. The molecule has 3 aliphatic carbocycles. The zero-order valence-corrected chi connectivity index (χ0v) is 28.6. The van der Waals surface area contributed by atoms with Crippen molar-refractivity contribution in [3.05, 3.63) is 34.9 Å². The minimum atomic E-state index is -2.03. The van der Waals surface area contributed by atoms with Gasteiger partial charge in [-0.3, -0.25) is 9.59 Å². The number of carbonyl (C=O) groups is 2. The number of Topliss-reactive ketones (excluding diaryl/α,β-unsaturated/α-hetero) is 1. The van der Waals surface area contributed by atoms with E-state index in [1.807, 2.05) is 13.8 Å². The number of allylic oxidation sites excluding steroid dienone is 6. The number of hydrogen-bond acceptors (Lipinski definition) is 6. The van der Waals surface area contributed by atoms with Crippen molar-refractivity contribution in [1.82, 2.24) is 0 Å². The number of hydrogen-bond donors (Lipinski definition) is 0. The molecule has 0 aromatic rings. The molecule has 0 N–H and O–H groups in total. The second kappa shape index (κ2) is 11.3. The molecule has 1 saturated carbocycles. The van der Waals surface area contributed by atoms with Gasteiger partial charge in [0.15, 0.2) is 11.6 Å². The molecular formula is C33H46N2O4Si2. The quantitative estimate of drug-likeness (QED) is 0.140. The van der Waals surface area contributed by atoms with Gasteiger partial charge in [-0.25, -0.2) is 0 Å². The Morgan fingerprint density at radius 3 is 2.20 bits per heavy atom. The van der Waals surface area contributed by atoms with Crippen LogP contribution in [0.2, 0.25) is 43.8 Å². The van der Waals surface area contributed by atoms with Crippen LogP contribution in [0, 0.1) is 56.3 Å². The molecule has 0 aromatic carbocycles. The molecule has 0 aliphatic heterocycles. The van der Waals surface area contributed by atoms with Crippen molar-refractivity contribution in [1.29, 1.82) is 10.5 Å². The van der Waals surface area contributed by atoms with E-state index in [0.717, 1.165) is 11.6 Å². The summed E-state index contributed by atoms with van der Waals surface area (Å²) in [6, 6.07) is 5.23. The maximum Gasteiger partial charge on any atom is 0.196 e. The smallest absolute Gasteiger partial charge is 0.196 e. The highest BCUT2D eigenvalue weighted by Crippen LogP contribution is 2.63. The number of carbonyl (C=O) groups excluding carboxylic acids is 2. The van der Waals surface area contributed by atoms with E-state index < -0.39 is 32.4 Å². The van der Waals surface area contributed by atoms with Gasteiger partial charge >= 0.3 is 0 Å². The maximum atomic E-state index is 13.7. The predicted molar refractivity (Wildman–Crippen MR) is 167 cm³/mol. The summed E-state index contributed by atoms with van der Waals surface area (Å²) in [5, 5.41) is 19.9. The predicted octanol–water partition coefficient (Wildman–Crippen LogP) is 6.77. The monoisotopic (exact) mass is 590 g/mol. The van der Waals surface area contributed by atoms with Gasteiger partial charge in [0.2, 0.25) is 0 Å². The lowest BCUT2D eigenvalue weighted by Crippen LogP contribution is -2.56. The first-order valence-corrected chi connectivity index (χ1v) is 21.2. The highest BCUT2D eigenvalue weighted by Gasteiger charge is 2.61. The van der Waals surface area contributed by atoms with Crippen molar-refractivity contribution >= 4 is 27.7 Å². The van der Waals surface area contributed by atoms with E-state index in [0.29, 0.717) is 19.4 Å². The summed E-state index contributed by atoms with van der Waals surface area (Å²) in [6.07, 6.45) is 6.26. The van der Waals surface area contributed by atoms with Crippen LogP contribution in [0.1, 0.15) is 47.5 Å². The number of ether oxygens (including phenoxy) is 2. The Hall–Kier alpha value is -2.55. The van der Waals surface area contributed by atoms with E-state index in [1.54, 1.807) is 18.2 Å². The summed E-state index contributed by atoms with van der Waals surface area (Å²) in [7, 11) is -3.26. The Balaban J connectivity index is 2.06. The molecule has 6 nitrogen and oxygen atoms in total. The van der Waals surface area contributed by atoms with Crippen molar-refractivity contribution in [3.63, 3.8) is 0 Å². The second-order valence-electron chi connectivity index (χ2n) is 15.2. The normalized spacial score (nSPS) is 30.0. The fourth-order valence-electron chi connectivity index (χ4n) is 6.13. The molecule has 0 radical (unpaired) electrons. The zero-order chi connectivity index (χ0) is 31.1. The van der Waals surface area contributed by atoms with Crippen LogP contribution in [0.5, 0.6) is 0 Å². The van der Waals surface area contributed by atoms with E-state index in [9.17, 15) is 20.1 Å². The van der Waals surface area contributed by atoms with E-state index in [4.69, 9.17) is 9.47 Å². The summed E-state index contributed by atoms with van der Waals surface area (Å²) in [5.41, 5.74) is 1.97. The van der Waals surface area contributed by atoms with Gasteiger partial charge in [0, 0.05) is 20.1 Å². The molecule has 0 heterocycles. The fraction of sp³-hybridized carbons (Fsp3) is 0.636. The highest BCUT2D eigenvalue weighted by atomic mass is 28.3. The molecule has 3 rings (SSSR count). The van der Waals surface area contributed by atoms with Crippen LogP contribution in [-0.2, 0) is 19.1 Å². The van der Waals surface area contributed by atoms with Crippen LogP contribution in [-0.4, -0.2) is 47.7 Å². The summed E-state index contributed by atoms with van der Waals surface area (Å²) < 4.78 is 11.7. The van der Waals surface area contributed by atoms with Crippen molar-refractivity contribution in [3.8, 4) is 23.6 Å². The molecule has 0 spiro atoms. The van der Waals surface area contributed by atoms with Gasteiger partial charge in [0.1, 0.15) is 27.0 Å². The SMILES string of the molecule is CC(C)(C)[Si](C)(C)C#C[C@]12C=C(C#N)C(=O)C=C1[C@@]1(C)C=C(C#N)C(=O)[C@@](C)(COCOCC[Si](C)(C)C)[C@@H]1CC2. The topological polar surface area (TPSA) is 100 Å². The van der Waals surface area contributed by atoms with Crippen LogP contribution in [0.3, 0.4) is 0 Å². The third kappa shape index (κ3) is 6.30. The summed E-state index contributed by atoms with van der Waals surface area (Å²) in [5.74, 6) is 2.78. The molecule has 0 saturated heterocycles. The molecule has 0 amide bonds. The molecule has 41 heavy (non-hydrogen) atoms. The minimum absolute atomic E-state index is 0.0338. The van der Waals surface area contributed by atoms with Crippen molar-refractivity contribution in [2.24, 2.45) is 22.2 Å². The molecule has 0 unspecified atom stereocenters. The number of nitrogens with zero attached hydrogens (tertiary/aromatic N) is 2. The Kier molecular flexibility index (Phi) is 9.06. The lowest BCUT2D eigenvalue weighted by molar-refractivity contribution is -0.145. The summed E-state index contributed by atoms with van der Waals surface area (Å²) in [4.78, 5) is 26.8. The van der Waals surface area contributed by atoms with Crippen molar-refractivity contribution in [2.45, 2.75) is 91.3 Å². The maximum absolute atomic E-state index is 13.7. The van der Waals surface area contributed by atoms with Gasteiger partial charge < -0.3 is 9.47 Å². The standard InChI is InChI=1S/C33H46N2O4Si2/c1-30(2,3)41(9,10)15-13-33-12-11-27-31(4,28(33)17-26(36)24(19-33)20-34)18-25(21-35)29(37)32(27,5)22-39-23-38-14-16-40(6,7)8/h17-19,27H,11-12,14,16,22-23H2,1-10H3/t27-,31+,32+,33-/m1/s1. The number of ketones is 2. The second-order valence-corrected chi connectivity index (χ2v) is 25.8. The molecule has 1 fully saturated rings. The summed E-state index contributed by atoms with van der Waals surface area (Å²) >= 11 is 0. The van der Waals surface area contributed by atoms with E-state index in [2.05, 4.69) is 77.1 Å². The average Bonchev–Trinajstić information content (AvgIpc) is 2.86. The third-order valence-corrected chi connectivity index (χ3v) is 16.0. The lowest BCUT2D eigenvalue weighted by Gasteiger charge is -2.57. The van der Waals surface area contributed by atoms with E-state index in [1.165, 1.54) is 0 Å². The Labute approximate surface area is 248 Å². The number of nitriles is 2. The first-order valence-electron chi connectivity index (χ1n) is 14.5. The van der Waals surface area contributed by atoms with Crippen molar-refractivity contribution < 1.29 is 19.1 Å². The molecule has 0 aromatic heterocycles. The van der Waals surface area contributed by atoms with Gasteiger partial charge in [0.25, 0.3) is 0 Å². The lowest BCUT2D eigenvalue weighted by atomic mass is 9.45. The molecule has 220 valence electrons. The Morgan fingerprint density at radius 1 is 1.00 bits per heavy atom. The van der Waals surface area contributed by atoms with Gasteiger partial charge in [-0.05, 0) is 54.5 Å². The summed E-state index contributed by atoms with van der Waals surface area (Å²) in [6.45, 7) is 22.6. The Bertz CT molecular complexity index is 1350. The molecular weight excluding hydrogens is 545 g/mol.